The van der Waals surface area contributed by atoms with Crippen LogP contribution in [0.15, 0.2) is 0 Å². The highest BCUT2D eigenvalue weighted by molar-refractivity contribution is 6.67. The number of amides is 2. The van der Waals surface area contributed by atoms with E-state index in [1.54, 1.807) is 0 Å². The van der Waals surface area contributed by atoms with Crippen LogP contribution in [0.3, 0.4) is 0 Å². The molecule has 0 spiro atoms. The van der Waals surface area contributed by atoms with Crippen molar-refractivity contribution in [3.8, 4) is 0 Å². The molecule has 21 heavy (non-hydrogen) atoms. The second kappa shape index (κ2) is 6.76. The number of hydrogen-bond acceptors (Lipinski definition) is 4. The number of likely N-dealkylation sites (tertiary alicyclic amines) is 1. The smallest absolute Gasteiger partial charge is 0.409 e. The first-order chi connectivity index (χ1) is 9.53. The van der Waals surface area contributed by atoms with Gasteiger partial charge in [-0.3, -0.25) is 4.90 Å². The lowest BCUT2D eigenvalue weighted by Crippen LogP contribution is -2.41. The third-order valence-corrected chi connectivity index (χ3v) is 3.33. The highest BCUT2D eigenvalue weighted by Gasteiger charge is 2.42. The number of rotatable bonds is 3. The van der Waals surface area contributed by atoms with Crippen molar-refractivity contribution < 1.29 is 29.3 Å². The number of ether oxygens (including phenoxy) is 1. The second-order valence-corrected chi connectivity index (χ2v) is 6.98. The SMILES string of the molecule is CN(C(=O)OCC(Cl)(Cl)Cl)[C@H]1C[C@@H](C(=O)O)N(C(=O)O)C1. The van der Waals surface area contributed by atoms with Crippen LogP contribution in [0, 0.1) is 0 Å². The fourth-order valence-electron chi connectivity index (χ4n) is 1.93. The molecule has 0 unspecified atom stereocenters. The summed E-state index contributed by atoms with van der Waals surface area (Å²) in [7, 11) is 1.36. The number of carboxylic acids is 1. The summed E-state index contributed by atoms with van der Waals surface area (Å²) in [5.74, 6) is -1.28. The minimum absolute atomic E-state index is 0.0407. The quantitative estimate of drug-likeness (QED) is 0.738. The zero-order chi connectivity index (χ0) is 16.4. The van der Waals surface area contributed by atoms with Gasteiger partial charge in [-0.25, -0.2) is 14.4 Å². The topological polar surface area (TPSA) is 107 Å². The molecule has 0 aromatic rings. The summed E-state index contributed by atoms with van der Waals surface area (Å²) in [4.78, 5) is 35.6. The number of alkyl halides is 3. The Morgan fingerprint density at radius 2 is 1.90 bits per heavy atom. The van der Waals surface area contributed by atoms with Crippen molar-refractivity contribution in [3.63, 3.8) is 0 Å². The Morgan fingerprint density at radius 3 is 2.29 bits per heavy atom. The van der Waals surface area contributed by atoms with Crippen LogP contribution in [0.1, 0.15) is 6.42 Å². The van der Waals surface area contributed by atoms with E-state index in [-0.39, 0.29) is 13.0 Å². The first-order valence-corrected chi connectivity index (χ1v) is 6.85. The van der Waals surface area contributed by atoms with Crippen molar-refractivity contribution in [2.45, 2.75) is 22.3 Å². The first kappa shape index (κ1) is 17.9. The number of carboxylic acid groups (broad SMARTS) is 2. The Kier molecular flexibility index (Phi) is 5.77. The molecule has 11 heteroatoms. The molecule has 120 valence electrons. The third-order valence-electron chi connectivity index (χ3n) is 3.00. The Labute approximate surface area is 135 Å². The van der Waals surface area contributed by atoms with Crippen molar-refractivity contribution in [2.75, 3.05) is 20.2 Å². The molecule has 1 aliphatic rings. The lowest BCUT2D eigenvalue weighted by molar-refractivity contribution is -0.141. The summed E-state index contributed by atoms with van der Waals surface area (Å²) >= 11 is 16.3. The minimum atomic E-state index is -1.76. The van der Waals surface area contributed by atoms with Crippen molar-refractivity contribution >= 4 is 53.0 Å². The van der Waals surface area contributed by atoms with Crippen LogP contribution in [-0.4, -0.2) is 74.2 Å². The van der Waals surface area contributed by atoms with Gasteiger partial charge in [0.1, 0.15) is 12.6 Å². The summed E-state index contributed by atoms with van der Waals surface area (Å²) in [5, 5.41) is 17.9. The summed E-state index contributed by atoms with van der Waals surface area (Å²) in [6.07, 6.45) is -2.24. The van der Waals surface area contributed by atoms with Crippen molar-refractivity contribution in [1.82, 2.24) is 9.80 Å². The average molecular weight is 364 g/mol. The van der Waals surface area contributed by atoms with Gasteiger partial charge in [0.2, 0.25) is 3.79 Å². The molecule has 1 rings (SSSR count). The van der Waals surface area contributed by atoms with E-state index in [0.717, 1.165) is 9.80 Å². The van der Waals surface area contributed by atoms with Gasteiger partial charge in [0, 0.05) is 20.0 Å². The van der Waals surface area contributed by atoms with Gasteiger partial charge in [-0.05, 0) is 0 Å². The molecule has 2 atom stereocenters. The maximum atomic E-state index is 11.7. The Morgan fingerprint density at radius 1 is 1.33 bits per heavy atom. The lowest BCUT2D eigenvalue weighted by Gasteiger charge is -2.24. The Hall–Kier alpha value is -1.12. The second-order valence-electron chi connectivity index (χ2n) is 4.46. The van der Waals surface area contributed by atoms with E-state index in [1.165, 1.54) is 7.05 Å². The van der Waals surface area contributed by atoms with Crippen LogP contribution in [0.2, 0.25) is 0 Å². The predicted octanol–water partition coefficient (Wildman–Crippen LogP) is 1.63. The third kappa shape index (κ3) is 4.98. The van der Waals surface area contributed by atoms with Gasteiger partial charge in [-0.1, -0.05) is 34.8 Å². The van der Waals surface area contributed by atoms with Crippen LogP contribution in [-0.2, 0) is 9.53 Å². The van der Waals surface area contributed by atoms with Gasteiger partial charge < -0.3 is 19.8 Å². The fraction of sp³-hybridized carbons (Fsp3) is 0.700. The molecule has 1 saturated heterocycles. The van der Waals surface area contributed by atoms with E-state index in [2.05, 4.69) is 0 Å². The average Bonchev–Trinajstić information content (AvgIpc) is 2.79. The Balaban J connectivity index is 2.67. The molecule has 2 N–H and O–H groups in total. The normalized spacial score (nSPS) is 22.0. The van der Waals surface area contributed by atoms with Crippen molar-refractivity contribution in [1.29, 1.82) is 0 Å². The fourth-order valence-corrected chi connectivity index (χ4v) is 2.10. The van der Waals surface area contributed by atoms with Gasteiger partial charge in [-0.15, -0.1) is 0 Å². The molecule has 2 amide bonds. The maximum Gasteiger partial charge on any atom is 0.409 e. The highest BCUT2D eigenvalue weighted by Crippen LogP contribution is 2.27. The van der Waals surface area contributed by atoms with E-state index in [0.29, 0.717) is 0 Å². The van der Waals surface area contributed by atoms with Crippen LogP contribution < -0.4 is 0 Å². The summed E-state index contributed by atoms with van der Waals surface area (Å²) < 4.78 is 2.99. The predicted molar refractivity (Wildman–Crippen MR) is 74.0 cm³/mol. The van der Waals surface area contributed by atoms with Crippen LogP contribution in [0.4, 0.5) is 9.59 Å². The molecule has 0 aromatic heterocycles. The lowest BCUT2D eigenvalue weighted by atomic mass is 10.1. The van der Waals surface area contributed by atoms with E-state index in [4.69, 9.17) is 49.8 Å². The number of aliphatic carboxylic acids is 1. The largest absolute Gasteiger partial charge is 0.480 e. The highest BCUT2D eigenvalue weighted by atomic mass is 35.6. The molecule has 8 nitrogen and oxygen atoms in total. The molecule has 1 aliphatic heterocycles. The zero-order valence-corrected chi connectivity index (χ0v) is 13.1. The van der Waals surface area contributed by atoms with Crippen molar-refractivity contribution in [3.05, 3.63) is 0 Å². The molecule has 0 saturated carbocycles. The zero-order valence-electron chi connectivity index (χ0n) is 10.8. The molecular formula is C10H13Cl3N2O6. The van der Waals surface area contributed by atoms with E-state index in [9.17, 15) is 14.4 Å². The molecular weight excluding hydrogens is 350 g/mol. The number of carbonyl (C=O) groups is 3. The van der Waals surface area contributed by atoms with Gasteiger partial charge in [-0.2, -0.15) is 0 Å². The Bertz CT molecular complexity index is 419. The standard InChI is InChI=1S/C10H13Cl3N2O6/c1-14(9(20)21-4-10(11,12)13)5-2-6(7(16)17)15(3-5)8(18)19/h5-6H,2-4H2,1H3,(H,16,17)(H,18,19)/t5-,6-/m0/s1. The van der Waals surface area contributed by atoms with E-state index in [1.807, 2.05) is 0 Å². The molecule has 1 fully saturated rings. The number of likely N-dealkylation sites (N-methyl/N-ethyl adjacent to an activating group) is 1. The number of carbonyl (C=O) groups excluding carboxylic acids is 1. The van der Waals surface area contributed by atoms with Crippen LogP contribution in [0.25, 0.3) is 0 Å². The van der Waals surface area contributed by atoms with E-state index >= 15 is 0 Å². The minimum Gasteiger partial charge on any atom is -0.480 e. The number of nitrogens with zero attached hydrogens (tertiary/aromatic N) is 2. The molecule has 1 heterocycles. The molecule has 0 radical (unpaired) electrons. The molecule has 0 bridgehead atoms. The van der Waals surface area contributed by atoms with Gasteiger partial charge >= 0.3 is 18.2 Å². The van der Waals surface area contributed by atoms with Gasteiger partial charge in [0.05, 0.1) is 6.04 Å². The van der Waals surface area contributed by atoms with Gasteiger partial charge in [0.25, 0.3) is 0 Å². The van der Waals surface area contributed by atoms with Crippen LogP contribution >= 0.6 is 34.8 Å². The summed E-state index contributed by atoms with van der Waals surface area (Å²) in [6, 6.07) is -1.85. The summed E-state index contributed by atoms with van der Waals surface area (Å²) in [5.41, 5.74) is 0. The number of hydrogen-bond donors (Lipinski definition) is 2. The summed E-state index contributed by atoms with van der Waals surface area (Å²) in [6.45, 7) is -0.607. The first-order valence-electron chi connectivity index (χ1n) is 5.71. The maximum absolute atomic E-state index is 11.7. The molecule has 0 aliphatic carbocycles. The van der Waals surface area contributed by atoms with E-state index < -0.39 is 40.6 Å². The molecule has 0 aromatic carbocycles. The van der Waals surface area contributed by atoms with Crippen LogP contribution in [0.5, 0.6) is 0 Å². The number of halogens is 3. The van der Waals surface area contributed by atoms with Crippen molar-refractivity contribution in [2.24, 2.45) is 0 Å². The monoisotopic (exact) mass is 362 g/mol. The van der Waals surface area contributed by atoms with Gasteiger partial charge in [0.15, 0.2) is 0 Å².